The standard InChI is InChI=1S/C37H29N3O2/c1-25(2)26-23-32(31-19-11-18-30-29-17-9-10-20-33(29)42-37(30)31)38-35(24-26)40(27-13-5-3-6-14-27)34-21-12-22-36(39-34)41-28-15-7-4-8-16-28/h3-25H,1-2H3. The topological polar surface area (TPSA) is 51.4 Å². The highest BCUT2D eigenvalue weighted by atomic mass is 16.5. The highest BCUT2D eigenvalue weighted by molar-refractivity contribution is 6.09. The maximum atomic E-state index is 6.40. The van der Waals surface area contributed by atoms with Gasteiger partial charge >= 0.3 is 0 Å². The van der Waals surface area contributed by atoms with Crippen molar-refractivity contribution in [1.82, 2.24) is 9.97 Å². The van der Waals surface area contributed by atoms with Crippen molar-refractivity contribution in [3.63, 3.8) is 0 Å². The summed E-state index contributed by atoms with van der Waals surface area (Å²) in [5, 5.41) is 2.17. The molecule has 0 spiro atoms. The first-order valence-electron chi connectivity index (χ1n) is 14.1. The van der Waals surface area contributed by atoms with Gasteiger partial charge in [0.25, 0.3) is 0 Å². The van der Waals surface area contributed by atoms with Gasteiger partial charge in [0.05, 0.1) is 5.69 Å². The Hall–Kier alpha value is -5.42. The molecule has 5 nitrogen and oxygen atoms in total. The molecular weight excluding hydrogens is 518 g/mol. The van der Waals surface area contributed by atoms with Crippen LogP contribution in [-0.4, -0.2) is 9.97 Å². The van der Waals surface area contributed by atoms with E-state index in [1.807, 2.05) is 84.9 Å². The van der Waals surface area contributed by atoms with Gasteiger partial charge in [-0.2, -0.15) is 4.98 Å². The number of aromatic nitrogens is 2. The Labute approximate surface area is 244 Å². The first-order chi connectivity index (χ1) is 20.6. The van der Waals surface area contributed by atoms with Crippen molar-refractivity contribution in [2.24, 2.45) is 0 Å². The second kappa shape index (κ2) is 10.9. The van der Waals surface area contributed by atoms with E-state index in [1.165, 1.54) is 5.56 Å². The molecule has 7 rings (SSSR count). The van der Waals surface area contributed by atoms with E-state index in [9.17, 15) is 0 Å². The highest BCUT2D eigenvalue weighted by Gasteiger charge is 2.20. The molecule has 0 aliphatic rings. The van der Waals surface area contributed by atoms with Crippen LogP contribution in [0.2, 0.25) is 0 Å². The molecule has 0 aliphatic carbocycles. The summed E-state index contributed by atoms with van der Waals surface area (Å²) >= 11 is 0. The predicted octanol–water partition coefficient (Wildman–Crippen LogP) is 10.4. The number of benzene rings is 4. The lowest BCUT2D eigenvalue weighted by molar-refractivity contribution is 0.463. The minimum absolute atomic E-state index is 0.277. The van der Waals surface area contributed by atoms with Gasteiger partial charge in [0, 0.05) is 28.1 Å². The van der Waals surface area contributed by atoms with Crippen LogP contribution in [0.25, 0.3) is 33.2 Å². The van der Waals surface area contributed by atoms with Crippen LogP contribution in [0, 0.1) is 0 Å². The molecule has 0 N–H and O–H groups in total. The van der Waals surface area contributed by atoms with E-state index in [1.54, 1.807) is 0 Å². The second-order valence-electron chi connectivity index (χ2n) is 10.5. The van der Waals surface area contributed by atoms with Gasteiger partial charge < -0.3 is 9.15 Å². The van der Waals surface area contributed by atoms with Crippen molar-refractivity contribution >= 4 is 39.3 Å². The fraction of sp³-hybridized carbons (Fsp3) is 0.0811. The Morgan fingerprint density at radius 2 is 1.36 bits per heavy atom. The number of furan rings is 1. The van der Waals surface area contributed by atoms with E-state index in [-0.39, 0.29) is 5.92 Å². The predicted molar refractivity (Wildman–Crippen MR) is 170 cm³/mol. The van der Waals surface area contributed by atoms with Crippen molar-refractivity contribution in [2.75, 3.05) is 4.90 Å². The van der Waals surface area contributed by atoms with E-state index >= 15 is 0 Å². The smallest absolute Gasteiger partial charge is 0.221 e. The van der Waals surface area contributed by atoms with Crippen molar-refractivity contribution < 1.29 is 9.15 Å². The molecule has 0 radical (unpaired) electrons. The molecule has 0 amide bonds. The van der Waals surface area contributed by atoms with Crippen LogP contribution in [0.1, 0.15) is 25.3 Å². The number of nitrogens with zero attached hydrogens (tertiary/aromatic N) is 3. The van der Waals surface area contributed by atoms with Crippen molar-refractivity contribution in [3.05, 3.63) is 139 Å². The monoisotopic (exact) mass is 547 g/mol. The molecule has 42 heavy (non-hydrogen) atoms. The second-order valence-corrected chi connectivity index (χ2v) is 10.5. The SMILES string of the molecule is CC(C)c1cc(-c2cccc3c2oc2ccccc23)nc(N(c2ccccc2)c2cccc(Oc3ccccc3)n2)c1. The molecule has 0 saturated heterocycles. The summed E-state index contributed by atoms with van der Waals surface area (Å²) in [6.45, 7) is 4.40. The van der Waals surface area contributed by atoms with Gasteiger partial charge in [-0.25, -0.2) is 4.98 Å². The minimum atomic E-state index is 0.277. The normalized spacial score (nSPS) is 11.3. The molecule has 204 valence electrons. The van der Waals surface area contributed by atoms with Crippen molar-refractivity contribution in [1.29, 1.82) is 0 Å². The molecular formula is C37H29N3O2. The van der Waals surface area contributed by atoms with Crippen molar-refractivity contribution in [2.45, 2.75) is 19.8 Å². The van der Waals surface area contributed by atoms with Crippen LogP contribution in [-0.2, 0) is 0 Å². The third-order valence-electron chi connectivity index (χ3n) is 7.33. The minimum Gasteiger partial charge on any atom is -0.455 e. The van der Waals surface area contributed by atoms with Crippen LogP contribution in [0.3, 0.4) is 0 Å². The molecule has 0 atom stereocenters. The Kier molecular flexibility index (Phi) is 6.61. The molecule has 0 fully saturated rings. The van der Waals surface area contributed by atoms with Gasteiger partial charge in [-0.15, -0.1) is 0 Å². The van der Waals surface area contributed by atoms with Gasteiger partial charge in [-0.05, 0) is 66.1 Å². The average molecular weight is 548 g/mol. The van der Waals surface area contributed by atoms with Gasteiger partial charge in [0.15, 0.2) is 0 Å². The van der Waals surface area contributed by atoms with Crippen LogP contribution in [0.5, 0.6) is 11.6 Å². The summed E-state index contributed by atoms with van der Waals surface area (Å²) in [5.74, 6) is 2.98. The summed E-state index contributed by atoms with van der Waals surface area (Å²) in [6, 6.07) is 44.4. The number of ether oxygens (including phenoxy) is 1. The van der Waals surface area contributed by atoms with E-state index in [2.05, 4.69) is 67.3 Å². The molecule has 7 aromatic rings. The molecule has 5 heteroatoms. The fourth-order valence-electron chi connectivity index (χ4n) is 5.22. The van der Waals surface area contributed by atoms with Gasteiger partial charge in [-0.3, -0.25) is 4.90 Å². The first kappa shape index (κ1) is 25.5. The zero-order valence-corrected chi connectivity index (χ0v) is 23.4. The van der Waals surface area contributed by atoms with Crippen LogP contribution in [0.15, 0.2) is 138 Å². The van der Waals surface area contributed by atoms with E-state index in [4.69, 9.17) is 19.1 Å². The highest BCUT2D eigenvalue weighted by Crippen LogP contribution is 2.39. The van der Waals surface area contributed by atoms with Gasteiger partial charge in [0.2, 0.25) is 5.88 Å². The summed E-state index contributed by atoms with van der Waals surface area (Å²) in [5.41, 5.74) is 5.61. The lowest BCUT2D eigenvalue weighted by atomic mass is 9.99. The number of para-hydroxylation sites is 4. The van der Waals surface area contributed by atoms with Crippen LogP contribution >= 0.6 is 0 Å². The van der Waals surface area contributed by atoms with Crippen LogP contribution in [0.4, 0.5) is 17.3 Å². The van der Waals surface area contributed by atoms with E-state index < -0.39 is 0 Å². The molecule has 0 unspecified atom stereocenters. The molecule has 0 bridgehead atoms. The lowest BCUT2D eigenvalue weighted by Crippen LogP contribution is -2.14. The molecule has 0 saturated carbocycles. The van der Waals surface area contributed by atoms with E-state index in [0.717, 1.165) is 50.5 Å². The quantitative estimate of drug-likeness (QED) is 0.199. The Balaban J connectivity index is 1.40. The number of fused-ring (bicyclic) bond motifs is 3. The zero-order chi connectivity index (χ0) is 28.5. The summed E-state index contributed by atoms with van der Waals surface area (Å²) in [7, 11) is 0. The maximum absolute atomic E-state index is 6.40. The molecule has 4 aromatic carbocycles. The Morgan fingerprint density at radius 3 is 2.17 bits per heavy atom. The van der Waals surface area contributed by atoms with Gasteiger partial charge in [0.1, 0.15) is 28.6 Å². The third-order valence-corrected chi connectivity index (χ3v) is 7.33. The number of rotatable bonds is 7. The largest absolute Gasteiger partial charge is 0.455 e. The number of pyridine rings is 2. The van der Waals surface area contributed by atoms with Gasteiger partial charge in [-0.1, -0.05) is 86.6 Å². The summed E-state index contributed by atoms with van der Waals surface area (Å²) in [6.07, 6.45) is 0. The summed E-state index contributed by atoms with van der Waals surface area (Å²) < 4.78 is 12.5. The molecule has 3 heterocycles. The molecule has 0 aliphatic heterocycles. The average Bonchev–Trinajstić information content (AvgIpc) is 3.41. The van der Waals surface area contributed by atoms with E-state index in [0.29, 0.717) is 11.7 Å². The van der Waals surface area contributed by atoms with Crippen LogP contribution < -0.4 is 9.64 Å². The number of anilines is 3. The molecule has 3 aromatic heterocycles. The first-order valence-corrected chi connectivity index (χ1v) is 14.1. The zero-order valence-electron chi connectivity index (χ0n) is 23.4. The number of hydrogen-bond acceptors (Lipinski definition) is 5. The maximum Gasteiger partial charge on any atom is 0.221 e. The Morgan fingerprint density at radius 1 is 0.643 bits per heavy atom. The summed E-state index contributed by atoms with van der Waals surface area (Å²) in [4.78, 5) is 12.3. The fourth-order valence-corrected chi connectivity index (χ4v) is 5.22. The Bertz CT molecular complexity index is 2000. The number of hydrogen-bond donors (Lipinski definition) is 0. The lowest BCUT2D eigenvalue weighted by Gasteiger charge is -2.25. The third kappa shape index (κ3) is 4.86. The van der Waals surface area contributed by atoms with Crippen molar-refractivity contribution in [3.8, 4) is 22.9 Å².